The van der Waals surface area contributed by atoms with Crippen molar-refractivity contribution in [2.45, 2.75) is 32.1 Å². The van der Waals surface area contributed by atoms with Gasteiger partial charge in [-0.25, -0.2) is 0 Å². The van der Waals surface area contributed by atoms with E-state index in [1.165, 1.54) is 0 Å². The van der Waals surface area contributed by atoms with Gasteiger partial charge >= 0.3 is 0 Å². The van der Waals surface area contributed by atoms with Crippen LogP contribution in [0.5, 0.6) is 5.75 Å². The van der Waals surface area contributed by atoms with E-state index in [2.05, 4.69) is 11.0 Å². The molecule has 3 rings (SSSR count). The van der Waals surface area contributed by atoms with Crippen molar-refractivity contribution in [3.63, 3.8) is 0 Å². The number of hydrogen-bond acceptors (Lipinski definition) is 4. The Morgan fingerprint density at radius 2 is 1.73 bits per heavy atom. The van der Waals surface area contributed by atoms with E-state index in [0.29, 0.717) is 26.1 Å². The first kappa shape index (κ1) is 18.5. The third-order valence-corrected chi connectivity index (χ3v) is 5.31. The van der Waals surface area contributed by atoms with Gasteiger partial charge < -0.3 is 19.4 Å². The second-order valence-corrected chi connectivity index (χ2v) is 7.02. The van der Waals surface area contributed by atoms with Crippen molar-refractivity contribution in [3.05, 3.63) is 24.3 Å². The fraction of sp³-hybridized carbons (Fsp3) is 0.600. The molecule has 0 bridgehead atoms. The molecular weight excluding hydrogens is 330 g/mol. The Kier molecular flexibility index (Phi) is 6.36. The van der Waals surface area contributed by atoms with Gasteiger partial charge in [-0.2, -0.15) is 0 Å². The molecule has 6 heteroatoms. The van der Waals surface area contributed by atoms with E-state index in [-0.39, 0.29) is 18.4 Å². The number of para-hydroxylation sites is 2. The summed E-state index contributed by atoms with van der Waals surface area (Å²) in [6, 6.07) is 7.97. The Balaban J connectivity index is 1.54. The Bertz CT molecular complexity index is 626. The molecule has 6 nitrogen and oxygen atoms in total. The van der Waals surface area contributed by atoms with Gasteiger partial charge in [-0.3, -0.25) is 9.59 Å². The van der Waals surface area contributed by atoms with Gasteiger partial charge in [0.1, 0.15) is 5.75 Å². The lowest BCUT2D eigenvalue weighted by atomic mass is 10.1. The molecule has 0 aromatic heterocycles. The molecule has 1 aromatic rings. The molecule has 0 atom stereocenters. The lowest BCUT2D eigenvalue weighted by molar-refractivity contribution is -0.141. The van der Waals surface area contributed by atoms with E-state index in [0.717, 1.165) is 50.2 Å². The maximum Gasteiger partial charge on any atom is 0.242 e. The number of rotatable bonds is 4. The summed E-state index contributed by atoms with van der Waals surface area (Å²) in [5.41, 5.74) is 1.07. The summed E-state index contributed by atoms with van der Waals surface area (Å²) in [6.07, 6.45) is 4.80. The highest BCUT2D eigenvalue weighted by atomic mass is 16.5. The highest BCUT2D eigenvalue weighted by molar-refractivity contribution is 5.85. The van der Waals surface area contributed by atoms with Crippen molar-refractivity contribution in [1.29, 1.82) is 0 Å². The molecule has 2 amide bonds. The maximum absolute atomic E-state index is 12.7. The molecule has 26 heavy (non-hydrogen) atoms. The molecule has 2 heterocycles. The molecule has 0 spiro atoms. The van der Waals surface area contributed by atoms with E-state index in [9.17, 15) is 9.59 Å². The Morgan fingerprint density at radius 3 is 2.50 bits per heavy atom. The van der Waals surface area contributed by atoms with E-state index in [1.807, 2.05) is 23.1 Å². The minimum atomic E-state index is 0.0681. The molecule has 0 saturated carbocycles. The highest BCUT2D eigenvalue weighted by Crippen LogP contribution is 2.28. The molecule has 2 aliphatic rings. The fourth-order valence-electron chi connectivity index (χ4n) is 3.73. The first-order valence-electron chi connectivity index (χ1n) is 9.62. The van der Waals surface area contributed by atoms with E-state index >= 15 is 0 Å². The van der Waals surface area contributed by atoms with Gasteiger partial charge in [-0.05, 0) is 25.0 Å². The van der Waals surface area contributed by atoms with Crippen LogP contribution in [0, 0.1) is 0 Å². The SMILES string of the molecule is COc1ccccc1N1CCN(C(=O)CN2CCCCCCC2=O)CC1. The van der Waals surface area contributed by atoms with Gasteiger partial charge in [0.2, 0.25) is 11.8 Å². The minimum Gasteiger partial charge on any atom is -0.495 e. The molecule has 0 N–H and O–H groups in total. The van der Waals surface area contributed by atoms with Crippen LogP contribution in [0.4, 0.5) is 5.69 Å². The second-order valence-electron chi connectivity index (χ2n) is 7.02. The van der Waals surface area contributed by atoms with Crippen molar-refractivity contribution in [3.8, 4) is 5.75 Å². The van der Waals surface area contributed by atoms with E-state index in [4.69, 9.17) is 4.74 Å². The van der Waals surface area contributed by atoms with Crippen molar-refractivity contribution in [2.24, 2.45) is 0 Å². The van der Waals surface area contributed by atoms with Crippen LogP contribution in [-0.4, -0.2) is 68.0 Å². The topological polar surface area (TPSA) is 53.1 Å². The van der Waals surface area contributed by atoms with Crippen LogP contribution in [0.15, 0.2) is 24.3 Å². The molecule has 0 aliphatic carbocycles. The molecule has 1 aromatic carbocycles. The third kappa shape index (κ3) is 4.48. The normalized spacial score (nSPS) is 19.1. The number of anilines is 1. The zero-order chi connectivity index (χ0) is 18.4. The summed E-state index contributed by atoms with van der Waals surface area (Å²) in [5.74, 6) is 1.06. The molecular formula is C20H29N3O3. The number of carbonyl (C=O) groups excluding carboxylic acids is 2. The van der Waals surface area contributed by atoms with E-state index in [1.54, 1.807) is 12.0 Å². The summed E-state index contributed by atoms with van der Waals surface area (Å²) < 4.78 is 5.44. The number of hydrogen-bond donors (Lipinski definition) is 0. The monoisotopic (exact) mass is 359 g/mol. The predicted molar refractivity (Wildman–Crippen MR) is 101 cm³/mol. The Morgan fingerprint density at radius 1 is 1.00 bits per heavy atom. The standard InChI is InChI=1S/C20H29N3O3/c1-26-18-9-6-5-8-17(18)21-12-14-22(15-13-21)20(25)16-23-11-7-3-2-4-10-19(23)24/h5-6,8-9H,2-4,7,10-16H2,1H3. The van der Waals surface area contributed by atoms with Gasteiger partial charge in [0.25, 0.3) is 0 Å². The molecule has 0 unspecified atom stereocenters. The average Bonchev–Trinajstić information content (AvgIpc) is 2.67. The van der Waals surface area contributed by atoms with Gasteiger partial charge in [-0.15, -0.1) is 0 Å². The van der Waals surface area contributed by atoms with Crippen molar-refractivity contribution < 1.29 is 14.3 Å². The van der Waals surface area contributed by atoms with Gasteiger partial charge in [0, 0.05) is 39.1 Å². The fourth-order valence-corrected chi connectivity index (χ4v) is 3.73. The summed E-state index contributed by atoms with van der Waals surface area (Å²) >= 11 is 0. The minimum absolute atomic E-state index is 0.0681. The molecule has 142 valence electrons. The summed E-state index contributed by atoms with van der Waals surface area (Å²) in [7, 11) is 1.68. The number of benzene rings is 1. The number of carbonyl (C=O) groups is 2. The molecule has 2 fully saturated rings. The zero-order valence-electron chi connectivity index (χ0n) is 15.7. The number of methoxy groups -OCH3 is 1. The second kappa shape index (κ2) is 8.92. The molecule has 2 saturated heterocycles. The number of piperazine rings is 1. The quantitative estimate of drug-likeness (QED) is 0.826. The van der Waals surface area contributed by atoms with Gasteiger partial charge in [0.05, 0.1) is 19.3 Å². The molecule has 0 radical (unpaired) electrons. The smallest absolute Gasteiger partial charge is 0.242 e. The summed E-state index contributed by atoms with van der Waals surface area (Å²) in [4.78, 5) is 30.8. The third-order valence-electron chi connectivity index (χ3n) is 5.31. The number of likely N-dealkylation sites (tertiary alicyclic amines) is 1. The maximum atomic E-state index is 12.7. The van der Waals surface area contributed by atoms with Crippen LogP contribution in [0.25, 0.3) is 0 Å². The lowest BCUT2D eigenvalue weighted by Crippen LogP contribution is -2.52. The number of amides is 2. The van der Waals surface area contributed by atoms with Gasteiger partial charge in [0.15, 0.2) is 0 Å². The largest absolute Gasteiger partial charge is 0.495 e. The number of ether oxygens (including phenoxy) is 1. The van der Waals surface area contributed by atoms with Crippen molar-refractivity contribution in [1.82, 2.24) is 9.80 Å². The first-order chi connectivity index (χ1) is 12.7. The van der Waals surface area contributed by atoms with Crippen molar-refractivity contribution >= 4 is 17.5 Å². The van der Waals surface area contributed by atoms with E-state index < -0.39 is 0 Å². The molecule has 2 aliphatic heterocycles. The zero-order valence-corrected chi connectivity index (χ0v) is 15.7. The Hall–Kier alpha value is -2.24. The van der Waals surface area contributed by atoms with Crippen LogP contribution >= 0.6 is 0 Å². The van der Waals surface area contributed by atoms with Crippen LogP contribution in [0.1, 0.15) is 32.1 Å². The average molecular weight is 359 g/mol. The van der Waals surface area contributed by atoms with Crippen LogP contribution in [0.3, 0.4) is 0 Å². The Labute approximate surface area is 155 Å². The lowest BCUT2D eigenvalue weighted by Gasteiger charge is -2.37. The number of nitrogens with zero attached hydrogens (tertiary/aromatic N) is 3. The predicted octanol–water partition coefficient (Wildman–Crippen LogP) is 2.14. The highest BCUT2D eigenvalue weighted by Gasteiger charge is 2.25. The van der Waals surface area contributed by atoms with Crippen LogP contribution in [-0.2, 0) is 9.59 Å². The van der Waals surface area contributed by atoms with Crippen molar-refractivity contribution in [2.75, 3.05) is 51.3 Å². The van der Waals surface area contributed by atoms with Gasteiger partial charge in [-0.1, -0.05) is 25.0 Å². The summed E-state index contributed by atoms with van der Waals surface area (Å²) in [6.45, 7) is 3.86. The first-order valence-corrected chi connectivity index (χ1v) is 9.62. The summed E-state index contributed by atoms with van der Waals surface area (Å²) in [5, 5.41) is 0. The van der Waals surface area contributed by atoms with Crippen LogP contribution < -0.4 is 9.64 Å². The van der Waals surface area contributed by atoms with Crippen LogP contribution in [0.2, 0.25) is 0 Å².